The third-order valence-corrected chi connectivity index (χ3v) is 7.97. The van der Waals surface area contributed by atoms with Gasteiger partial charge in [0.15, 0.2) is 0 Å². The van der Waals surface area contributed by atoms with Crippen LogP contribution in [0.1, 0.15) is 33.0 Å². The summed E-state index contributed by atoms with van der Waals surface area (Å²) in [5.41, 5.74) is 0.440. The second-order valence-corrected chi connectivity index (χ2v) is 10.3. The lowest BCUT2D eigenvalue weighted by molar-refractivity contribution is 0.0776. The van der Waals surface area contributed by atoms with Gasteiger partial charge in [-0.05, 0) is 37.4 Å². The molecule has 2 aromatic rings. The number of nitrogens with zero attached hydrogens (tertiary/aromatic N) is 3. The lowest BCUT2D eigenvalue weighted by Gasteiger charge is -2.30. The highest BCUT2D eigenvalue weighted by molar-refractivity contribution is 7.99. The van der Waals surface area contributed by atoms with Gasteiger partial charge in [0.05, 0.1) is 4.88 Å². The summed E-state index contributed by atoms with van der Waals surface area (Å²) in [5.74, 6) is 2.71. The molecule has 3 fully saturated rings. The number of nitrogens with one attached hydrogen (secondary N) is 1. The number of fused-ring (bicyclic) bond motifs is 3. The van der Waals surface area contributed by atoms with Crippen molar-refractivity contribution < 1.29 is 9.59 Å². The molecular formula is C20H24N4O2S2. The topological polar surface area (TPSA) is 65.5 Å². The van der Waals surface area contributed by atoms with Crippen molar-refractivity contribution in [3.05, 3.63) is 28.9 Å². The van der Waals surface area contributed by atoms with E-state index in [9.17, 15) is 9.59 Å². The molecule has 3 aliphatic rings. The summed E-state index contributed by atoms with van der Waals surface area (Å²) in [4.78, 5) is 34.9. The fourth-order valence-corrected chi connectivity index (χ4v) is 6.45. The van der Waals surface area contributed by atoms with E-state index in [4.69, 9.17) is 0 Å². The molecule has 6 nitrogen and oxygen atoms in total. The highest BCUT2D eigenvalue weighted by atomic mass is 32.2. The van der Waals surface area contributed by atoms with E-state index in [0.717, 1.165) is 59.1 Å². The van der Waals surface area contributed by atoms with Gasteiger partial charge in [0.1, 0.15) is 5.69 Å². The van der Waals surface area contributed by atoms with Crippen molar-refractivity contribution in [1.82, 2.24) is 20.1 Å². The number of pyridine rings is 1. The lowest BCUT2D eigenvalue weighted by Crippen LogP contribution is -2.47. The number of rotatable bonds is 3. The third-order valence-electron chi connectivity index (χ3n) is 5.94. The number of thiophene rings is 1. The fraction of sp³-hybridized carbons (Fsp3) is 0.550. The van der Waals surface area contributed by atoms with Crippen LogP contribution in [0.5, 0.6) is 0 Å². The maximum Gasteiger partial charge on any atom is 0.270 e. The van der Waals surface area contributed by atoms with Gasteiger partial charge in [0.2, 0.25) is 0 Å². The van der Waals surface area contributed by atoms with Gasteiger partial charge in [-0.3, -0.25) is 14.6 Å². The first-order chi connectivity index (χ1) is 13.7. The molecule has 0 radical (unpaired) electrons. The van der Waals surface area contributed by atoms with Crippen LogP contribution < -0.4 is 5.32 Å². The molecule has 8 heteroatoms. The van der Waals surface area contributed by atoms with Crippen LogP contribution in [-0.2, 0) is 0 Å². The Kier molecular flexibility index (Phi) is 5.02. The molecule has 5 heterocycles. The minimum Gasteiger partial charge on any atom is -0.347 e. The molecule has 0 aliphatic carbocycles. The molecule has 3 saturated heterocycles. The van der Waals surface area contributed by atoms with Crippen LogP contribution >= 0.6 is 23.1 Å². The fourth-order valence-electron chi connectivity index (χ4n) is 4.51. The third kappa shape index (κ3) is 3.65. The molecule has 148 valence electrons. The summed E-state index contributed by atoms with van der Waals surface area (Å²) in [5, 5.41) is 4.09. The number of hydrogen-bond acceptors (Lipinski definition) is 6. The Morgan fingerprint density at radius 1 is 1.14 bits per heavy atom. The van der Waals surface area contributed by atoms with Crippen molar-refractivity contribution in [2.24, 2.45) is 5.92 Å². The van der Waals surface area contributed by atoms with Gasteiger partial charge in [-0.1, -0.05) is 0 Å². The van der Waals surface area contributed by atoms with Gasteiger partial charge >= 0.3 is 0 Å². The van der Waals surface area contributed by atoms with Gasteiger partial charge in [-0.25, -0.2) is 0 Å². The predicted octanol–water partition coefficient (Wildman–Crippen LogP) is 2.31. The summed E-state index contributed by atoms with van der Waals surface area (Å²) < 4.78 is 0.947. The van der Waals surface area contributed by atoms with Crippen LogP contribution in [0, 0.1) is 5.92 Å². The number of carbonyl (C=O) groups excluding carboxylic acids is 2. The summed E-state index contributed by atoms with van der Waals surface area (Å²) in [6.07, 6.45) is 4.03. The van der Waals surface area contributed by atoms with E-state index in [0.29, 0.717) is 11.6 Å². The monoisotopic (exact) mass is 416 g/mol. The van der Waals surface area contributed by atoms with Gasteiger partial charge in [0, 0.05) is 60.0 Å². The molecule has 0 aromatic carbocycles. The first kappa shape index (κ1) is 18.4. The zero-order valence-electron chi connectivity index (χ0n) is 15.7. The summed E-state index contributed by atoms with van der Waals surface area (Å²) in [6, 6.07) is 3.95. The molecule has 1 N–H and O–H groups in total. The van der Waals surface area contributed by atoms with Gasteiger partial charge in [-0.15, -0.1) is 11.3 Å². The van der Waals surface area contributed by atoms with Crippen molar-refractivity contribution in [3.63, 3.8) is 0 Å². The van der Waals surface area contributed by atoms with Crippen molar-refractivity contribution in [2.75, 3.05) is 44.2 Å². The number of carbonyl (C=O) groups is 2. The molecule has 5 rings (SSSR count). The van der Waals surface area contributed by atoms with E-state index >= 15 is 0 Å². The maximum atomic E-state index is 12.7. The molecule has 3 unspecified atom stereocenters. The highest BCUT2D eigenvalue weighted by Gasteiger charge is 2.33. The molecule has 2 bridgehead atoms. The van der Waals surface area contributed by atoms with E-state index in [1.807, 2.05) is 28.8 Å². The van der Waals surface area contributed by atoms with Crippen molar-refractivity contribution >= 4 is 45.0 Å². The Hall–Kier alpha value is -1.64. The van der Waals surface area contributed by atoms with Gasteiger partial charge in [-0.2, -0.15) is 11.8 Å². The number of amides is 2. The van der Waals surface area contributed by atoms with E-state index in [1.165, 1.54) is 24.3 Å². The second kappa shape index (κ2) is 7.65. The Labute approximate surface area is 172 Å². The molecule has 2 aromatic heterocycles. The smallest absolute Gasteiger partial charge is 0.270 e. The number of aromatic nitrogens is 1. The zero-order chi connectivity index (χ0) is 19.1. The quantitative estimate of drug-likeness (QED) is 0.832. The van der Waals surface area contributed by atoms with E-state index < -0.39 is 0 Å². The molecule has 3 atom stereocenters. The number of hydrogen-bond donors (Lipinski definition) is 1. The minimum absolute atomic E-state index is 0.0965. The van der Waals surface area contributed by atoms with Crippen LogP contribution in [0.4, 0.5) is 0 Å². The lowest BCUT2D eigenvalue weighted by atomic mass is 9.97. The summed E-state index contributed by atoms with van der Waals surface area (Å²) >= 11 is 3.35. The maximum absolute atomic E-state index is 12.7. The Morgan fingerprint density at radius 2 is 2.00 bits per heavy atom. The van der Waals surface area contributed by atoms with Crippen molar-refractivity contribution in [1.29, 1.82) is 0 Å². The zero-order valence-corrected chi connectivity index (χ0v) is 17.4. The largest absolute Gasteiger partial charge is 0.347 e. The average molecular weight is 417 g/mol. The van der Waals surface area contributed by atoms with Crippen LogP contribution in [0.15, 0.2) is 18.3 Å². The molecule has 28 heavy (non-hydrogen) atoms. The summed E-state index contributed by atoms with van der Waals surface area (Å²) in [7, 11) is 0. The second-order valence-electron chi connectivity index (χ2n) is 7.94. The normalized spacial score (nSPS) is 27.1. The number of piperidine rings is 1. The van der Waals surface area contributed by atoms with Crippen LogP contribution in [0.2, 0.25) is 0 Å². The minimum atomic E-state index is -0.108. The predicted molar refractivity (Wildman–Crippen MR) is 113 cm³/mol. The molecule has 0 spiro atoms. The summed E-state index contributed by atoms with van der Waals surface area (Å²) in [6.45, 7) is 4.89. The van der Waals surface area contributed by atoms with Crippen LogP contribution in [0.25, 0.3) is 10.1 Å². The highest BCUT2D eigenvalue weighted by Crippen LogP contribution is 2.29. The Morgan fingerprint density at radius 3 is 2.82 bits per heavy atom. The number of thioether (sulfide) groups is 1. The standard InChI is InChI=1S/C20H24N4O2S2/c25-19(22-15-7-13-1-2-23(11-13)12-15)16-9-17-14(10-21-16)8-18(28-17)20(26)24-3-5-27-6-4-24/h8-10,13,15H,1-7,11-12H2,(H,22,25). The van der Waals surface area contributed by atoms with Crippen molar-refractivity contribution in [2.45, 2.75) is 18.9 Å². The Balaban J connectivity index is 1.30. The van der Waals surface area contributed by atoms with E-state index in [1.54, 1.807) is 6.20 Å². The average Bonchev–Trinajstić information content (AvgIpc) is 3.30. The molecular weight excluding hydrogens is 392 g/mol. The first-order valence-electron chi connectivity index (χ1n) is 9.95. The van der Waals surface area contributed by atoms with Gasteiger partial charge in [0.25, 0.3) is 11.8 Å². The molecule has 0 saturated carbocycles. The van der Waals surface area contributed by atoms with E-state index in [2.05, 4.69) is 15.2 Å². The SMILES string of the molecule is O=C(NC1CC2CCN(C2)C1)c1cc2sc(C(=O)N3CCSCC3)cc2cn1. The van der Waals surface area contributed by atoms with Crippen LogP contribution in [-0.4, -0.2) is 76.9 Å². The van der Waals surface area contributed by atoms with Gasteiger partial charge < -0.3 is 15.1 Å². The molecule has 2 amide bonds. The van der Waals surface area contributed by atoms with Crippen LogP contribution in [0.3, 0.4) is 0 Å². The van der Waals surface area contributed by atoms with Crippen molar-refractivity contribution in [3.8, 4) is 0 Å². The van der Waals surface area contributed by atoms with E-state index in [-0.39, 0.29) is 17.9 Å². The Bertz CT molecular complexity index is 897. The first-order valence-corrected chi connectivity index (χ1v) is 11.9. The molecule has 3 aliphatic heterocycles.